The molecule has 1 aliphatic heterocycles. The van der Waals surface area contributed by atoms with Crippen LogP contribution in [0.4, 0.5) is 17.1 Å². The molecule has 0 bridgehead atoms. The van der Waals surface area contributed by atoms with Crippen molar-refractivity contribution in [2.24, 2.45) is 0 Å². The van der Waals surface area contributed by atoms with E-state index in [1.165, 1.54) is 0 Å². The zero-order valence-electron chi connectivity index (χ0n) is 22.9. The van der Waals surface area contributed by atoms with Gasteiger partial charge in [-0.1, -0.05) is 12.1 Å². The minimum absolute atomic E-state index is 0.101. The second kappa shape index (κ2) is 11.2. The molecule has 10 heteroatoms. The maximum absolute atomic E-state index is 13.4. The molecule has 4 aromatic rings. The molecule has 1 aromatic heterocycles. The van der Waals surface area contributed by atoms with E-state index in [0.717, 1.165) is 33.9 Å². The molecule has 10 nitrogen and oxygen atoms in total. The molecule has 3 aromatic carbocycles. The summed E-state index contributed by atoms with van der Waals surface area (Å²) in [5.41, 5.74) is 8.61. The minimum Gasteiger partial charge on any atom is -0.490 e. The highest BCUT2D eigenvalue weighted by atomic mass is 16.5. The van der Waals surface area contributed by atoms with Gasteiger partial charge >= 0.3 is 5.97 Å². The fraction of sp³-hybridized carbons (Fsp3) is 0.267. The van der Waals surface area contributed by atoms with Crippen molar-refractivity contribution in [3.05, 3.63) is 77.5 Å². The number of benzene rings is 3. The molecule has 0 aliphatic carbocycles. The van der Waals surface area contributed by atoms with Crippen molar-refractivity contribution in [2.75, 3.05) is 49.9 Å². The summed E-state index contributed by atoms with van der Waals surface area (Å²) < 4.78 is 14.0. The lowest BCUT2D eigenvalue weighted by molar-refractivity contribution is -0.136. The van der Waals surface area contributed by atoms with Gasteiger partial charge in [0.15, 0.2) is 11.9 Å². The number of carbonyl (C=O) groups is 2. The third-order valence-electron chi connectivity index (χ3n) is 7.06. The summed E-state index contributed by atoms with van der Waals surface area (Å²) in [4.78, 5) is 24.7. The lowest BCUT2D eigenvalue weighted by atomic mass is 10.1. The number of carboxylic acid groups (broad SMARTS) is 1. The molecule has 1 aliphatic rings. The summed E-state index contributed by atoms with van der Waals surface area (Å²) in [6, 6.07) is 18.3. The van der Waals surface area contributed by atoms with Crippen LogP contribution in [-0.4, -0.2) is 61.9 Å². The minimum atomic E-state index is -0.910. The SMILES string of the molecule is CNc1cc(NC)c2c(c1)N(NC)CC(COc1ccc(C(=O)n3c(C)cc4c(CC(=O)O)cccc43)cc1)O2. The highest BCUT2D eigenvalue weighted by Crippen LogP contribution is 2.41. The first-order valence-electron chi connectivity index (χ1n) is 13.1. The van der Waals surface area contributed by atoms with Gasteiger partial charge in [0.05, 0.1) is 29.9 Å². The van der Waals surface area contributed by atoms with Crippen LogP contribution in [0.5, 0.6) is 11.5 Å². The fourth-order valence-electron chi connectivity index (χ4n) is 5.10. The van der Waals surface area contributed by atoms with E-state index < -0.39 is 5.97 Å². The van der Waals surface area contributed by atoms with Crippen molar-refractivity contribution in [1.82, 2.24) is 9.99 Å². The zero-order valence-corrected chi connectivity index (χ0v) is 22.9. The van der Waals surface area contributed by atoms with Gasteiger partial charge in [0, 0.05) is 43.5 Å². The predicted molar refractivity (Wildman–Crippen MR) is 156 cm³/mol. The topological polar surface area (TPSA) is 117 Å². The molecule has 1 unspecified atom stereocenters. The summed E-state index contributed by atoms with van der Waals surface area (Å²) in [6.07, 6.45) is -0.334. The van der Waals surface area contributed by atoms with E-state index in [9.17, 15) is 14.7 Å². The molecule has 40 heavy (non-hydrogen) atoms. The van der Waals surface area contributed by atoms with Crippen molar-refractivity contribution in [3.63, 3.8) is 0 Å². The van der Waals surface area contributed by atoms with E-state index in [1.807, 2.05) is 57.3 Å². The molecule has 0 saturated carbocycles. The van der Waals surface area contributed by atoms with Gasteiger partial charge < -0.3 is 30.2 Å². The van der Waals surface area contributed by atoms with Gasteiger partial charge in [-0.25, -0.2) is 5.43 Å². The van der Waals surface area contributed by atoms with Crippen molar-refractivity contribution < 1.29 is 24.2 Å². The first-order chi connectivity index (χ1) is 19.3. The fourth-order valence-corrected chi connectivity index (χ4v) is 5.10. The number of aryl methyl sites for hydroxylation is 1. The Morgan fingerprint density at radius 3 is 2.50 bits per heavy atom. The molecule has 0 spiro atoms. The zero-order chi connectivity index (χ0) is 28.4. The number of nitrogens with one attached hydrogen (secondary N) is 3. The lowest BCUT2D eigenvalue weighted by Crippen LogP contribution is -2.48. The monoisotopic (exact) mass is 543 g/mol. The summed E-state index contributed by atoms with van der Waals surface area (Å²) in [5, 5.41) is 18.4. The summed E-state index contributed by atoms with van der Waals surface area (Å²) in [6.45, 7) is 2.74. The molecule has 208 valence electrons. The number of ether oxygens (including phenoxy) is 2. The Balaban J connectivity index is 1.30. The van der Waals surface area contributed by atoms with Crippen LogP contribution in [0.3, 0.4) is 0 Å². The van der Waals surface area contributed by atoms with Crippen LogP contribution in [0.15, 0.2) is 60.7 Å². The third-order valence-corrected chi connectivity index (χ3v) is 7.06. The van der Waals surface area contributed by atoms with Crippen molar-refractivity contribution in [3.8, 4) is 11.5 Å². The van der Waals surface area contributed by atoms with E-state index >= 15 is 0 Å². The van der Waals surface area contributed by atoms with Crippen LogP contribution in [0.25, 0.3) is 10.9 Å². The Morgan fingerprint density at radius 2 is 1.82 bits per heavy atom. The number of fused-ring (bicyclic) bond motifs is 2. The quantitative estimate of drug-likeness (QED) is 0.247. The number of aliphatic carboxylic acids is 1. The molecule has 0 amide bonds. The lowest BCUT2D eigenvalue weighted by Gasteiger charge is -2.36. The Labute approximate surface area is 232 Å². The Morgan fingerprint density at radius 1 is 1.05 bits per heavy atom. The molecule has 0 fully saturated rings. The van der Waals surface area contributed by atoms with E-state index in [1.54, 1.807) is 41.0 Å². The van der Waals surface area contributed by atoms with Gasteiger partial charge in [0.25, 0.3) is 5.91 Å². The van der Waals surface area contributed by atoms with Crippen LogP contribution in [0.1, 0.15) is 21.6 Å². The molecule has 2 heterocycles. The number of carboxylic acids is 1. The number of anilines is 3. The first kappa shape index (κ1) is 26.9. The Bertz CT molecular complexity index is 1560. The van der Waals surface area contributed by atoms with Crippen LogP contribution in [-0.2, 0) is 11.2 Å². The number of hydrogen-bond acceptors (Lipinski definition) is 8. The third kappa shape index (κ3) is 5.13. The smallest absolute Gasteiger partial charge is 0.307 e. The largest absolute Gasteiger partial charge is 0.490 e. The first-order valence-corrected chi connectivity index (χ1v) is 13.1. The number of rotatable bonds is 9. The second-order valence-electron chi connectivity index (χ2n) is 9.63. The average Bonchev–Trinajstić information content (AvgIpc) is 3.31. The molecule has 4 N–H and O–H groups in total. The van der Waals surface area contributed by atoms with E-state index in [-0.39, 0.29) is 18.4 Å². The average molecular weight is 544 g/mol. The number of hydrogen-bond donors (Lipinski definition) is 4. The maximum atomic E-state index is 13.4. The van der Waals surface area contributed by atoms with Crippen LogP contribution < -0.4 is 30.5 Å². The van der Waals surface area contributed by atoms with Gasteiger partial charge in [-0.2, -0.15) is 0 Å². The van der Waals surface area contributed by atoms with Gasteiger partial charge in [-0.15, -0.1) is 0 Å². The highest BCUT2D eigenvalue weighted by Gasteiger charge is 2.28. The van der Waals surface area contributed by atoms with E-state index in [4.69, 9.17) is 9.47 Å². The van der Waals surface area contributed by atoms with Crippen LogP contribution in [0.2, 0.25) is 0 Å². The van der Waals surface area contributed by atoms with Gasteiger partial charge in [0.1, 0.15) is 12.4 Å². The Hall–Kier alpha value is -4.70. The molecular formula is C30H33N5O5. The van der Waals surface area contributed by atoms with Gasteiger partial charge in [-0.05, 0) is 61.0 Å². The van der Waals surface area contributed by atoms with Gasteiger partial charge in [0.2, 0.25) is 0 Å². The number of carbonyl (C=O) groups excluding carboxylic acids is 1. The van der Waals surface area contributed by atoms with E-state index in [0.29, 0.717) is 35.5 Å². The normalized spacial score (nSPS) is 14.4. The van der Waals surface area contributed by atoms with Crippen LogP contribution >= 0.6 is 0 Å². The summed E-state index contributed by atoms with van der Waals surface area (Å²) in [7, 11) is 5.61. The molecule has 1 atom stereocenters. The Kier molecular flexibility index (Phi) is 7.52. The predicted octanol–water partition coefficient (Wildman–Crippen LogP) is 4.13. The standard InChI is InChI=1S/C30H33N5O5/c1-18-12-24-20(13-28(36)37)6-5-7-26(24)35(18)30(38)19-8-10-22(11-9-19)39-17-23-16-34(33-4)27-15-21(31-2)14-25(32-3)29(27)40-23/h5-12,14-15,23,31-33H,13,16-17H2,1-4H3,(H,36,37). The second-order valence-corrected chi connectivity index (χ2v) is 9.63. The molecule has 0 radical (unpaired) electrons. The summed E-state index contributed by atoms with van der Waals surface area (Å²) in [5.74, 6) is 0.271. The van der Waals surface area contributed by atoms with Crippen molar-refractivity contribution >= 4 is 39.8 Å². The van der Waals surface area contributed by atoms with E-state index in [2.05, 4.69) is 16.1 Å². The number of nitrogens with zero attached hydrogens (tertiary/aromatic N) is 2. The number of hydrazine groups is 1. The highest BCUT2D eigenvalue weighted by molar-refractivity contribution is 6.04. The van der Waals surface area contributed by atoms with Crippen molar-refractivity contribution in [2.45, 2.75) is 19.4 Å². The molecular weight excluding hydrogens is 510 g/mol. The summed E-state index contributed by atoms with van der Waals surface area (Å²) >= 11 is 0. The number of aromatic nitrogens is 1. The van der Waals surface area contributed by atoms with Gasteiger partial charge in [-0.3, -0.25) is 14.2 Å². The molecule has 5 rings (SSSR count). The maximum Gasteiger partial charge on any atom is 0.307 e. The van der Waals surface area contributed by atoms with Crippen LogP contribution in [0, 0.1) is 6.92 Å². The van der Waals surface area contributed by atoms with Crippen molar-refractivity contribution in [1.29, 1.82) is 0 Å². The molecule has 0 saturated heterocycles.